The molecule has 0 bridgehead atoms. The van der Waals surface area contributed by atoms with Gasteiger partial charge in [0.1, 0.15) is 53.3 Å². The molecule has 0 amide bonds. The molecule has 4 aromatic heterocycles. The van der Waals surface area contributed by atoms with E-state index in [1.165, 1.54) is 25.4 Å². The highest BCUT2D eigenvalue weighted by molar-refractivity contribution is 5.74. The lowest BCUT2D eigenvalue weighted by molar-refractivity contribution is -0.0865. The summed E-state index contributed by atoms with van der Waals surface area (Å²) in [5.41, 5.74) is 3.41. The SMILES string of the molecule is CO[C@H](COc1cc(-c2nnn(C[C@@H]3CCN(C4COC4)C[C@@H]3F)c2C)cn2ncc(C#N)c12)c1ccc(F)cn1. The monoisotopic (exact) mass is 564 g/mol. The molecule has 214 valence electrons. The van der Waals surface area contributed by atoms with Gasteiger partial charge in [-0.25, -0.2) is 18.0 Å². The second kappa shape index (κ2) is 11.5. The summed E-state index contributed by atoms with van der Waals surface area (Å²) in [6.07, 6.45) is 3.56. The molecular weight excluding hydrogens is 534 g/mol. The number of alkyl halides is 1. The molecule has 2 saturated heterocycles. The lowest BCUT2D eigenvalue weighted by Gasteiger charge is -2.42. The highest BCUT2D eigenvalue weighted by Crippen LogP contribution is 2.32. The Hall–Kier alpha value is -3.99. The Balaban J connectivity index is 1.24. The highest BCUT2D eigenvalue weighted by atomic mass is 19.1. The third kappa shape index (κ3) is 5.38. The average molecular weight is 565 g/mol. The van der Waals surface area contributed by atoms with E-state index in [1.54, 1.807) is 21.5 Å². The first kappa shape index (κ1) is 27.2. The molecule has 2 aliphatic heterocycles. The first-order chi connectivity index (χ1) is 19.9. The zero-order valence-corrected chi connectivity index (χ0v) is 22.8. The number of hydrogen-bond acceptors (Lipinski definition) is 9. The molecule has 13 heteroatoms. The minimum Gasteiger partial charge on any atom is -0.488 e. The zero-order chi connectivity index (χ0) is 28.5. The second-order valence-electron chi connectivity index (χ2n) is 10.4. The van der Waals surface area contributed by atoms with Crippen molar-refractivity contribution in [1.29, 1.82) is 5.26 Å². The van der Waals surface area contributed by atoms with Gasteiger partial charge in [0.2, 0.25) is 0 Å². The molecule has 2 aliphatic rings. The standard InChI is InChI=1S/C28H30F2N8O3/c1-17-27(34-35-37(17)11-18-5-6-36(13-23(18)30)22-14-40-15-22)19-7-25(28-20(8-31)9-33-38(28)12-19)41-16-26(39-2)24-4-3-21(29)10-32-24/h3-4,7,9-10,12,18,22-23,26H,5-6,11,13-16H2,1-2H3/t18-,23-,26+/m0/s1. The number of likely N-dealkylation sites (tertiary alicyclic amines) is 1. The van der Waals surface area contributed by atoms with Crippen molar-refractivity contribution in [1.82, 2.24) is 34.5 Å². The van der Waals surface area contributed by atoms with Gasteiger partial charge in [-0.05, 0) is 38.1 Å². The van der Waals surface area contributed by atoms with Crippen LogP contribution in [0, 0.1) is 30.0 Å². The zero-order valence-electron chi connectivity index (χ0n) is 22.8. The van der Waals surface area contributed by atoms with E-state index in [9.17, 15) is 9.65 Å². The quantitative estimate of drug-likeness (QED) is 0.302. The molecule has 0 aliphatic carbocycles. The van der Waals surface area contributed by atoms with Crippen LogP contribution in [0.3, 0.4) is 0 Å². The highest BCUT2D eigenvalue weighted by Gasteiger charge is 2.36. The van der Waals surface area contributed by atoms with Gasteiger partial charge in [0.15, 0.2) is 0 Å². The summed E-state index contributed by atoms with van der Waals surface area (Å²) in [6, 6.07) is 7.10. The van der Waals surface area contributed by atoms with Crippen LogP contribution >= 0.6 is 0 Å². The number of fused-ring (bicyclic) bond motifs is 1. The Bertz CT molecular complexity index is 1560. The fraction of sp³-hybridized carbons (Fsp3) is 0.464. The number of methoxy groups -OCH3 is 1. The molecule has 6 rings (SSSR count). The Morgan fingerprint density at radius 1 is 1.27 bits per heavy atom. The number of halogens is 2. The number of pyridine rings is 2. The van der Waals surface area contributed by atoms with Crippen molar-refractivity contribution in [2.75, 3.05) is 40.0 Å². The summed E-state index contributed by atoms with van der Waals surface area (Å²) in [6.45, 7) is 5.00. The van der Waals surface area contributed by atoms with E-state index >= 15 is 4.39 Å². The van der Waals surface area contributed by atoms with Crippen LogP contribution in [0.5, 0.6) is 5.75 Å². The van der Waals surface area contributed by atoms with Crippen molar-refractivity contribution in [3.63, 3.8) is 0 Å². The number of piperidine rings is 1. The fourth-order valence-electron chi connectivity index (χ4n) is 5.39. The first-order valence-electron chi connectivity index (χ1n) is 13.5. The van der Waals surface area contributed by atoms with E-state index in [2.05, 4.69) is 31.4 Å². The molecular formula is C28H30F2N8O3. The maximum absolute atomic E-state index is 15.1. The predicted molar refractivity (Wildman–Crippen MR) is 142 cm³/mol. The van der Waals surface area contributed by atoms with E-state index in [0.717, 1.165) is 24.9 Å². The van der Waals surface area contributed by atoms with E-state index in [-0.39, 0.29) is 12.5 Å². The summed E-state index contributed by atoms with van der Waals surface area (Å²) < 4.78 is 48.8. The van der Waals surface area contributed by atoms with E-state index in [4.69, 9.17) is 14.2 Å². The summed E-state index contributed by atoms with van der Waals surface area (Å²) >= 11 is 0. The summed E-state index contributed by atoms with van der Waals surface area (Å²) in [7, 11) is 1.51. The summed E-state index contributed by atoms with van der Waals surface area (Å²) in [5.74, 6) is -0.209. The maximum Gasteiger partial charge on any atom is 0.147 e. The van der Waals surface area contributed by atoms with Crippen LogP contribution < -0.4 is 4.74 Å². The Labute approximate surface area is 235 Å². The molecule has 6 heterocycles. The van der Waals surface area contributed by atoms with Crippen LogP contribution in [0.1, 0.15) is 29.5 Å². The van der Waals surface area contributed by atoms with Gasteiger partial charge >= 0.3 is 0 Å². The molecule has 0 unspecified atom stereocenters. The van der Waals surface area contributed by atoms with Crippen molar-refractivity contribution in [3.05, 3.63) is 59.6 Å². The number of nitrogens with zero attached hydrogens (tertiary/aromatic N) is 8. The minimum atomic E-state index is -0.953. The molecule has 0 radical (unpaired) electrons. The molecule has 0 N–H and O–H groups in total. The maximum atomic E-state index is 15.1. The van der Waals surface area contributed by atoms with Gasteiger partial charge < -0.3 is 14.2 Å². The molecule has 41 heavy (non-hydrogen) atoms. The molecule has 3 atom stereocenters. The van der Waals surface area contributed by atoms with E-state index in [0.29, 0.717) is 66.1 Å². The first-order valence-corrected chi connectivity index (χ1v) is 13.5. The predicted octanol–water partition coefficient (Wildman–Crippen LogP) is 3.13. The van der Waals surface area contributed by atoms with Gasteiger partial charge in [0.25, 0.3) is 0 Å². The normalized spacial score (nSPS) is 20.6. The van der Waals surface area contributed by atoms with Crippen LogP contribution in [-0.4, -0.2) is 86.7 Å². The largest absolute Gasteiger partial charge is 0.488 e. The van der Waals surface area contributed by atoms with Gasteiger partial charge in [-0.2, -0.15) is 10.4 Å². The van der Waals surface area contributed by atoms with Crippen LogP contribution in [0.25, 0.3) is 16.8 Å². The fourth-order valence-corrected chi connectivity index (χ4v) is 5.39. The van der Waals surface area contributed by atoms with Gasteiger partial charge in [0, 0.05) is 37.9 Å². The minimum absolute atomic E-state index is 0.0551. The third-order valence-corrected chi connectivity index (χ3v) is 7.96. The van der Waals surface area contributed by atoms with Crippen molar-refractivity contribution in [3.8, 4) is 23.1 Å². The molecule has 2 fully saturated rings. The van der Waals surface area contributed by atoms with Crippen LogP contribution in [0.4, 0.5) is 8.78 Å². The average Bonchev–Trinajstić information content (AvgIpc) is 3.53. The topological polar surface area (TPSA) is 116 Å². The lowest BCUT2D eigenvalue weighted by Crippen LogP contribution is -2.55. The molecule has 0 saturated carbocycles. The van der Waals surface area contributed by atoms with Crippen LogP contribution in [0.2, 0.25) is 0 Å². The van der Waals surface area contributed by atoms with Gasteiger partial charge in [-0.15, -0.1) is 5.10 Å². The van der Waals surface area contributed by atoms with E-state index < -0.39 is 18.1 Å². The van der Waals surface area contributed by atoms with Gasteiger partial charge in [-0.1, -0.05) is 5.21 Å². The van der Waals surface area contributed by atoms with Crippen LogP contribution in [0.15, 0.2) is 36.8 Å². The van der Waals surface area contributed by atoms with E-state index in [1.807, 2.05) is 6.92 Å². The van der Waals surface area contributed by atoms with Crippen molar-refractivity contribution >= 4 is 5.52 Å². The number of rotatable bonds is 9. The number of nitriles is 1. The third-order valence-electron chi connectivity index (χ3n) is 7.96. The second-order valence-corrected chi connectivity index (χ2v) is 10.4. The van der Waals surface area contributed by atoms with Gasteiger partial charge in [-0.3, -0.25) is 9.88 Å². The van der Waals surface area contributed by atoms with Crippen LogP contribution in [-0.2, 0) is 16.0 Å². The molecule has 0 spiro atoms. The Morgan fingerprint density at radius 2 is 2.12 bits per heavy atom. The lowest BCUT2D eigenvalue weighted by atomic mass is 9.93. The van der Waals surface area contributed by atoms with Crippen molar-refractivity contribution in [2.24, 2.45) is 5.92 Å². The number of aromatic nitrogens is 6. The summed E-state index contributed by atoms with van der Waals surface area (Å²) in [5, 5.41) is 22.8. The Kier molecular flexibility index (Phi) is 7.61. The van der Waals surface area contributed by atoms with Crippen molar-refractivity contribution in [2.45, 2.75) is 38.2 Å². The number of ether oxygens (including phenoxy) is 3. The molecule has 11 nitrogen and oxygen atoms in total. The van der Waals surface area contributed by atoms with Crippen molar-refractivity contribution < 1.29 is 23.0 Å². The smallest absolute Gasteiger partial charge is 0.147 e. The molecule has 4 aromatic rings. The number of hydrogen-bond donors (Lipinski definition) is 0. The van der Waals surface area contributed by atoms with Gasteiger partial charge in [0.05, 0.1) is 43.0 Å². The Morgan fingerprint density at radius 3 is 2.80 bits per heavy atom. The molecule has 0 aromatic carbocycles. The summed E-state index contributed by atoms with van der Waals surface area (Å²) in [4.78, 5) is 6.28.